The molecule has 0 N–H and O–H groups in total. The summed E-state index contributed by atoms with van der Waals surface area (Å²) in [6, 6.07) is 14.6. The first-order valence-electron chi connectivity index (χ1n) is 6.99. The molecule has 2 aromatic carbocycles. The lowest BCUT2D eigenvalue weighted by Gasteiger charge is -2.04. The first kappa shape index (κ1) is 17.2. The molecule has 3 atom stereocenters. The minimum atomic E-state index is -3.85. The summed E-state index contributed by atoms with van der Waals surface area (Å²) >= 11 is 9.11. The van der Waals surface area contributed by atoms with Crippen LogP contribution in [0.15, 0.2) is 57.9 Å². The average Bonchev–Trinajstić information content (AvgIpc) is 3.26. The van der Waals surface area contributed by atoms with Crippen molar-refractivity contribution in [2.75, 3.05) is 0 Å². The molecular weight excluding hydrogens is 414 g/mol. The van der Waals surface area contributed by atoms with Crippen molar-refractivity contribution in [2.45, 2.75) is 16.1 Å². The number of hydrogen-bond acceptors (Lipinski definition) is 4. The molecule has 0 radical (unpaired) electrons. The third kappa shape index (κ3) is 2.57. The molecule has 7 heteroatoms. The van der Waals surface area contributed by atoms with Gasteiger partial charge in [-0.2, -0.15) is 5.26 Å². The molecule has 24 heavy (non-hydrogen) atoms. The molecule has 1 aliphatic carbocycles. The van der Waals surface area contributed by atoms with E-state index in [2.05, 4.69) is 15.9 Å². The van der Waals surface area contributed by atoms with E-state index in [1.54, 1.807) is 24.3 Å². The van der Waals surface area contributed by atoms with Crippen LogP contribution >= 0.6 is 27.5 Å². The van der Waals surface area contributed by atoms with Gasteiger partial charge in [-0.3, -0.25) is 0 Å². The lowest BCUT2D eigenvalue weighted by Crippen LogP contribution is -2.16. The summed E-state index contributed by atoms with van der Waals surface area (Å²) in [7, 11) is -3.85. The van der Waals surface area contributed by atoms with E-state index in [4.69, 9.17) is 11.6 Å². The quantitative estimate of drug-likeness (QED) is 0.701. The SMILES string of the molecule is N#C[C@@]1(C=O)[C@H](c2ccc(Br)cc2)[C@@H]1S(=O)(=O)c1ccc(Cl)cc1. The summed E-state index contributed by atoms with van der Waals surface area (Å²) in [5.41, 5.74) is -0.916. The van der Waals surface area contributed by atoms with Crippen LogP contribution in [0.4, 0.5) is 0 Å². The van der Waals surface area contributed by atoms with Crippen molar-refractivity contribution in [3.63, 3.8) is 0 Å². The van der Waals surface area contributed by atoms with E-state index in [0.717, 1.165) is 4.47 Å². The van der Waals surface area contributed by atoms with Crippen LogP contribution in [0.5, 0.6) is 0 Å². The van der Waals surface area contributed by atoms with Crippen LogP contribution in [0.2, 0.25) is 5.02 Å². The van der Waals surface area contributed by atoms with Crippen LogP contribution in [0.3, 0.4) is 0 Å². The molecule has 3 rings (SSSR count). The minimum Gasteiger partial charge on any atom is -0.302 e. The fourth-order valence-corrected chi connectivity index (χ4v) is 5.63. The number of nitriles is 1. The predicted molar refractivity (Wildman–Crippen MR) is 93.4 cm³/mol. The Balaban J connectivity index is 2.08. The molecule has 1 saturated carbocycles. The second kappa shape index (κ2) is 5.99. The van der Waals surface area contributed by atoms with Gasteiger partial charge in [0.15, 0.2) is 9.84 Å². The second-order valence-corrected chi connectivity index (χ2v) is 9.03. The van der Waals surface area contributed by atoms with Gasteiger partial charge in [0.1, 0.15) is 17.0 Å². The lowest BCUT2D eigenvalue weighted by atomic mass is 10.0. The first-order chi connectivity index (χ1) is 11.4. The third-order valence-electron chi connectivity index (χ3n) is 4.27. The number of nitrogens with zero attached hydrogens (tertiary/aromatic N) is 1. The third-order valence-corrected chi connectivity index (χ3v) is 7.31. The lowest BCUT2D eigenvalue weighted by molar-refractivity contribution is -0.110. The Morgan fingerprint density at radius 3 is 2.21 bits per heavy atom. The molecule has 0 aliphatic heterocycles. The molecule has 0 saturated heterocycles. The molecule has 0 heterocycles. The van der Waals surface area contributed by atoms with E-state index in [-0.39, 0.29) is 4.90 Å². The van der Waals surface area contributed by atoms with Crippen molar-refractivity contribution in [1.82, 2.24) is 0 Å². The molecule has 0 amide bonds. The van der Waals surface area contributed by atoms with E-state index in [1.165, 1.54) is 24.3 Å². The van der Waals surface area contributed by atoms with E-state index >= 15 is 0 Å². The number of carbonyl (C=O) groups is 1. The largest absolute Gasteiger partial charge is 0.302 e. The highest BCUT2D eigenvalue weighted by Crippen LogP contribution is 2.62. The number of rotatable bonds is 4. The molecule has 4 nitrogen and oxygen atoms in total. The Labute approximate surface area is 153 Å². The van der Waals surface area contributed by atoms with Gasteiger partial charge in [0.25, 0.3) is 0 Å². The van der Waals surface area contributed by atoms with Crippen LogP contribution in [0.25, 0.3) is 0 Å². The van der Waals surface area contributed by atoms with Gasteiger partial charge in [0.2, 0.25) is 0 Å². The Hall–Kier alpha value is -1.68. The summed E-state index contributed by atoms with van der Waals surface area (Å²) < 4.78 is 26.7. The predicted octanol–water partition coefficient (Wildman–Crippen LogP) is 3.75. The van der Waals surface area contributed by atoms with Gasteiger partial charge in [-0.25, -0.2) is 8.42 Å². The fraction of sp³-hybridized carbons (Fsp3) is 0.176. The number of aldehydes is 1. The summed E-state index contributed by atoms with van der Waals surface area (Å²) in [6.07, 6.45) is 0.456. The number of carbonyl (C=O) groups excluding carboxylic acids is 1. The van der Waals surface area contributed by atoms with Gasteiger partial charge in [-0.1, -0.05) is 39.7 Å². The minimum absolute atomic E-state index is 0.0537. The average molecular weight is 425 g/mol. The zero-order chi connectivity index (χ0) is 17.5. The topological polar surface area (TPSA) is 75.0 Å². The van der Waals surface area contributed by atoms with Crippen LogP contribution in [-0.2, 0) is 14.6 Å². The summed E-state index contributed by atoms with van der Waals surface area (Å²) in [5, 5.41) is 8.80. The van der Waals surface area contributed by atoms with Crippen molar-refractivity contribution in [1.29, 1.82) is 5.26 Å². The molecule has 2 aromatic rings. The zero-order valence-corrected chi connectivity index (χ0v) is 15.3. The molecule has 0 unspecified atom stereocenters. The molecular formula is C17H11BrClNO3S. The highest BCUT2D eigenvalue weighted by atomic mass is 79.9. The van der Waals surface area contributed by atoms with Crippen LogP contribution in [-0.4, -0.2) is 20.0 Å². The molecule has 0 bridgehead atoms. The molecule has 1 fully saturated rings. The van der Waals surface area contributed by atoms with E-state index in [9.17, 15) is 18.5 Å². The van der Waals surface area contributed by atoms with Crippen molar-refractivity contribution in [2.24, 2.45) is 5.41 Å². The monoisotopic (exact) mass is 423 g/mol. The van der Waals surface area contributed by atoms with Crippen LogP contribution < -0.4 is 0 Å². The van der Waals surface area contributed by atoms with Crippen LogP contribution in [0, 0.1) is 16.7 Å². The number of benzene rings is 2. The van der Waals surface area contributed by atoms with E-state index < -0.39 is 26.4 Å². The van der Waals surface area contributed by atoms with Crippen molar-refractivity contribution >= 4 is 43.7 Å². The highest BCUT2D eigenvalue weighted by molar-refractivity contribution is 9.10. The normalized spacial score (nSPS) is 25.7. The van der Waals surface area contributed by atoms with Crippen molar-refractivity contribution in [3.8, 4) is 6.07 Å². The summed E-state index contributed by atoms with van der Waals surface area (Å²) in [6.45, 7) is 0. The fourth-order valence-electron chi connectivity index (χ4n) is 3.00. The maximum atomic E-state index is 12.9. The smallest absolute Gasteiger partial charge is 0.183 e. The maximum absolute atomic E-state index is 12.9. The Morgan fingerprint density at radius 2 is 1.71 bits per heavy atom. The Bertz CT molecular complexity index is 935. The van der Waals surface area contributed by atoms with Crippen molar-refractivity contribution in [3.05, 3.63) is 63.6 Å². The standard InChI is InChI=1S/C17H11BrClNO3S/c18-12-3-1-11(2-4-12)15-16(17(15,9-20)10-21)24(22,23)14-7-5-13(19)6-8-14/h1-8,10,15-16H/t15-,16+,17-/m1/s1. The number of sulfone groups is 1. The summed E-state index contributed by atoms with van der Waals surface area (Å²) in [4.78, 5) is 11.6. The molecule has 0 spiro atoms. The van der Waals surface area contributed by atoms with E-state index in [1.807, 2.05) is 6.07 Å². The molecule has 0 aromatic heterocycles. The van der Waals surface area contributed by atoms with Gasteiger partial charge in [-0.15, -0.1) is 0 Å². The van der Waals surface area contributed by atoms with Gasteiger partial charge >= 0.3 is 0 Å². The maximum Gasteiger partial charge on any atom is 0.183 e. The first-order valence-corrected chi connectivity index (χ1v) is 9.71. The Kier molecular flexibility index (Phi) is 4.28. The number of halogens is 2. The number of hydrogen-bond donors (Lipinski definition) is 0. The van der Waals surface area contributed by atoms with Gasteiger partial charge in [-0.05, 0) is 42.0 Å². The zero-order valence-electron chi connectivity index (χ0n) is 12.2. The van der Waals surface area contributed by atoms with Crippen molar-refractivity contribution < 1.29 is 13.2 Å². The van der Waals surface area contributed by atoms with Gasteiger partial charge in [0.05, 0.1) is 11.0 Å². The molecule has 122 valence electrons. The Morgan fingerprint density at radius 1 is 1.12 bits per heavy atom. The molecule has 1 aliphatic rings. The van der Waals surface area contributed by atoms with Crippen LogP contribution in [0.1, 0.15) is 11.5 Å². The summed E-state index contributed by atoms with van der Waals surface area (Å²) in [5.74, 6) is -0.686. The highest BCUT2D eigenvalue weighted by Gasteiger charge is 2.72. The second-order valence-electron chi connectivity index (χ2n) is 5.61. The van der Waals surface area contributed by atoms with Gasteiger partial charge < -0.3 is 4.79 Å². The van der Waals surface area contributed by atoms with Gasteiger partial charge in [0, 0.05) is 15.4 Å². The van der Waals surface area contributed by atoms with E-state index in [0.29, 0.717) is 16.9 Å².